The smallest absolute Gasteiger partial charge is 0.408 e. The van der Waals surface area contributed by atoms with Crippen LogP contribution in [0.5, 0.6) is 0 Å². The molecule has 0 saturated carbocycles. The number of tetrazole rings is 2. The van der Waals surface area contributed by atoms with E-state index < -0.39 is 42.1 Å². The van der Waals surface area contributed by atoms with Crippen LogP contribution >= 0.6 is 23.2 Å². The first kappa shape index (κ1) is 51.4. The first-order valence-electron chi connectivity index (χ1n) is 24.2. The fraction of sp³-hybridized carbons (Fsp3) is 0.327. The van der Waals surface area contributed by atoms with E-state index in [4.69, 9.17) is 32.7 Å². The van der Waals surface area contributed by atoms with E-state index >= 15 is 8.78 Å². The zero-order valence-corrected chi connectivity index (χ0v) is 42.8. The Morgan fingerprint density at radius 1 is 0.658 bits per heavy atom. The second-order valence-corrected chi connectivity index (χ2v) is 18.8. The van der Waals surface area contributed by atoms with Gasteiger partial charge in [-0.25, -0.2) is 23.5 Å². The van der Waals surface area contributed by atoms with Crippen molar-refractivity contribution in [3.63, 3.8) is 0 Å². The Balaban J connectivity index is 0.846. The average Bonchev–Trinajstić information content (AvgIpc) is 4.26. The lowest BCUT2D eigenvalue weighted by molar-refractivity contribution is -0.0374. The number of benzene rings is 2. The number of pyridine rings is 2. The zero-order valence-electron chi connectivity index (χ0n) is 41.3. The highest BCUT2D eigenvalue weighted by atomic mass is 35.5. The van der Waals surface area contributed by atoms with Crippen molar-refractivity contribution in [2.45, 2.75) is 64.1 Å². The maximum Gasteiger partial charge on any atom is 0.512 e. The summed E-state index contributed by atoms with van der Waals surface area (Å²) in [4.78, 5) is 53.7. The average molecular weight is 1080 g/mol. The Morgan fingerprint density at radius 2 is 1.09 bits per heavy atom. The van der Waals surface area contributed by atoms with Crippen molar-refractivity contribution in [3.05, 3.63) is 118 Å². The lowest BCUT2D eigenvalue weighted by Crippen LogP contribution is -2.49. The highest BCUT2D eigenvalue weighted by Gasteiger charge is 2.34. The van der Waals surface area contributed by atoms with Gasteiger partial charge in [0.15, 0.2) is 24.1 Å². The van der Waals surface area contributed by atoms with E-state index in [0.717, 1.165) is 38.1 Å². The highest BCUT2D eigenvalue weighted by Crippen LogP contribution is 2.37. The van der Waals surface area contributed by atoms with Crippen molar-refractivity contribution in [3.8, 4) is 45.3 Å². The van der Waals surface area contributed by atoms with Gasteiger partial charge in [-0.05, 0) is 122 Å². The van der Waals surface area contributed by atoms with Gasteiger partial charge in [-0.2, -0.15) is 19.6 Å². The lowest BCUT2D eigenvalue weighted by atomic mass is 10.0. The molecule has 76 heavy (non-hydrogen) atoms. The van der Waals surface area contributed by atoms with Crippen LogP contribution in [0.25, 0.3) is 45.3 Å². The van der Waals surface area contributed by atoms with Gasteiger partial charge in [0, 0.05) is 73.0 Å². The maximum absolute atomic E-state index is 16.4. The molecule has 2 saturated heterocycles. The molecule has 2 N–H and O–H groups in total. The number of carbonyl (C=O) groups excluding carboxylic acids is 3. The SMILES string of the molecule is C[C@H](OC(=O)O[C@@H](C)n1nnnc1-c1c(-c2ccc(C(=O)N(c3ncccc3Cl)[C@@H]3CCCNC3)cc2F)cnn1C)n1nnnc1-c1c(-c2ccc(C(=O)N(c3ncccc3Cl)[C@@H]3CCCNC3)cc2F)cnn1C. The van der Waals surface area contributed by atoms with Crippen molar-refractivity contribution in [1.29, 1.82) is 0 Å². The first-order valence-corrected chi connectivity index (χ1v) is 24.9. The minimum Gasteiger partial charge on any atom is -0.408 e. The molecule has 392 valence electrons. The third-order valence-electron chi connectivity index (χ3n) is 13.2. The molecular weight excluding hydrogens is 1030 g/mol. The summed E-state index contributed by atoms with van der Waals surface area (Å²) in [5.41, 5.74) is 1.38. The quantitative estimate of drug-likeness (QED) is 0.106. The van der Waals surface area contributed by atoms with Crippen LogP contribution < -0.4 is 20.4 Å². The van der Waals surface area contributed by atoms with Gasteiger partial charge in [0.1, 0.15) is 23.0 Å². The molecule has 10 rings (SSSR count). The molecule has 27 heteroatoms. The molecule has 2 aliphatic heterocycles. The molecule has 8 heterocycles. The summed E-state index contributed by atoms with van der Waals surface area (Å²) in [5, 5.41) is 40.0. The topological polar surface area (TPSA) is 249 Å². The van der Waals surface area contributed by atoms with E-state index in [1.807, 2.05) is 0 Å². The fourth-order valence-corrected chi connectivity index (χ4v) is 9.92. The second kappa shape index (κ2) is 22.0. The molecule has 2 fully saturated rings. The van der Waals surface area contributed by atoms with Crippen molar-refractivity contribution in [1.82, 2.24) is 80.6 Å². The monoisotopic (exact) mass is 1080 g/mol. The summed E-state index contributed by atoms with van der Waals surface area (Å²) in [6.45, 7) is 5.60. The number of piperidine rings is 2. The van der Waals surface area contributed by atoms with E-state index in [9.17, 15) is 14.4 Å². The van der Waals surface area contributed by atoms with Crippen LogP contribution in [-0.4, -0.2) is 126 Å². The third-order valence-corrected chi connectivity index (χ3v) is 13.8. The van der Waals surface area contributed by atoms with Gasteiger partial charge in [-0.15, -0.1) is 10.2 Å². The fourth-order valence-electron chi connectivity index (χ4n) is 9.49. The van der Waals surface area contributed by atoms with Crippen LogP contribution in [-0.2, 0) is 23.6 Å². The molecule has 0 bridgehead atoms. The molecule has 23 nitrogen and oxygen atoms in total. The molecule has 2 amide bonds. The molecule has 8 aromatic rings. The number of nitrogens with one attached hydrogen (secondary N) is 2. The minimum atomic E-state index is -1.21. The molecule has 4 atom stereocenters. The van der Waals surface area contributed by atoms with E-state index in [2.05, 4.69) is 61.8 Å². The van der Waals surface area contributed by atoms with Crippen molar-refractivity contribution in [2.24, 2.45) is 14.1 Å². The number of aryl methyl sites for hydroxylation is 2. The third kappa shape index (κ3) is 10.1. The zero-order chi connectivity index (χ0) is 53.2. The molecule has 0 spiro atoms. The number of carbonyl (C=O) groups is 3. The summed E-state index contributed by atoms with van der Waals surface area (Å²) in [7, 11) is 3.21. The number of anilines is 2. The number of hydrogen-bond acceptors (Lipinski definition) is 17. The molecule has 0 unspecified atom stereocenters. The van der Waals surface area contributed by atoms with Gasteiger partial charge in [0.25, 0.3) is 11.8 Å². The van der Waals surface area contributed by atoms with Gasteiger partial charge in [-0.3, -0.25) is 28.8 Å². The van der Waals surface area contributed by atoms with Crippen molar-refractivity contribution in [2.75, 3.05) is 36.0 Å². The van der Waals surface area contributed by atoms with E-state index in [-0.39, 0.29) is 90.2 Å². The van der Waals surface area contributed by atoms with Crippen molar-refractivity contribution < 1.29 is 32.6 Å². The highest BCUT2D eigenvalue weighted by molar-refractivity contribution is 6.34. The Labute approximate surface area is 442 Å². The number of halogens is 4. The van der Waals surface area contributed by atoms with Gasteiger partial charge in [-0.1, -0.05) is 35.3 Å². The van der Waals surface area contributed by atoms with Crippen LogP contribution in [0.3, 0.4) is 0 Å². The molecule has 0 radical (unpaired) electrons. The summed E-state index contributed by atoms with van der Waals surface area (Å²) in [5.74, 6) is -1.75. The van der Waals surface area contributed by atoms with E-state index in [0.29, 0.717) is 25.9 Å². The summed E-state index contributed by atoms with van der Waals surface area (Å²) >= 11 is 13.1. The minimum absolute atomic E-state index is 0.0521. The van der Waals surface area contributed by atoms with Crippen LogP contribution in [0, 0.1) is 11.6 Å². The summed E-state index contributed by atoms with van der Waals surface area (Å²) < 4.78 is 49.3. The van der Waals surface area contributed by atoms with Crippen molar-refractivity contribution >= 4 is 52.8 Å². The lowest BCUT2D eigenvalue weighted by Gasteiger charge is -2.34. The van der Waals surface area contributed by atoms with Gasteiger partial charge < -0.3 is 20.1 Å². The number of amides is 2. The normalized spacial score (nSPS) is 16.5. The van der Waals surface area contributed by atoms with Crippen LogP contribution in [0.4, 0.5) is 25.2 Å². The Hall–Kier alpha value is -8.13. The number of aromatic nitrogens is 14. The van der Waals surface area contributed by atoms with Crippen LogP contribution in [0.1, 0.15) is 72.7 Å². The number of hydrogen-bond donors (Lipinski definition) is 2. The standard InChI is InChI=1S/C49H48Cl2F2N18O5/c1-27(70-45(60-62-64-70)41-35(25-58-66(41)3)33-15-13-29(21-39(33)52)47(72)68(31-9-5-17-54-23-31)43-37(50)11-7-19-56-43)75-49(74)76-28(2)71-46(61-63-65-71)42-36(26-59-67(42)4)34-16-14-30(22-40(34)53)48(73)69(32-10-6-18-55-24-32)44-38(51)12-8-20-57-44/h7-8,11-16,19-22,25-28,31-32,54-55H,5-6,9-10,17-18,23-24H2,1-4H3/t27-,28-,31+,32+/m0/s1. The molecule has 6 aromatic heterocycles. The van der Waals surface area contributed by atoms with Gasteiger partial charge in [0.2, 0.25) is 11.6 Å². The number of rotatable bonds is 14. The predicted molar refractivity (Wildman–Crippen MR) is 272 cm³/mol. The Bertz CT molecular complexity index is 3220. The Morgan fingerprint density at radius 3 is 1.47 bits per heavy atom. The van der Waals surface area contributed by atoms with Crippen LogP contribution in [0.2, 0.25) is 10.0 Å². The largest absolute Gasteiger partial charge is 0.512 e. The molecule has 2 aromatic carbocycles. The van der Waals surface area contributed by atoms with Gasteiger partial charge >= 0.3 is 6.16 Å². The number of nitrogens with zero attached hydrogens (tertiary/aromatic N) is 16. The number of ether oxygens (including phenoxy) is 2. The summed E-state index contributed by atoms with van der Waals surface area (Å²) in [6.07, 6.45) is 5.40. The molecule has 2 aliphatic rings. The van der Waals surface area contributed by atoms with Gasteiger partial charge in [0.05, 0.1) is 34.5 Å². The van der Waals surface area contributed by atoms with E-state index in [1.54, 1.807) is 50.8 Å². The molecular formula is C49H48Cl2F2N18O5. The first-order chi connectivity index (χ1) is 36.8. The predicted octanol–water partition coefficient (Wildman–Crippen LogP) is 6.86. The van der Waals surface area contributed by atoms with E-state index in [1.165, 1.54) is 79.0 Å². The van der Waals surface area contributed by atoms with Crippen LogP contribution in [0.15, 0.2) is 85.5 Å². The second-order valence-electron chi connectivity index (χ2n) is 18.0. The maximum atomic E-state index is 16.4. The Kier molecular flexibility index (Phi) is 14.9. The molecule has 0 aliphatic carbocycles. The summed E-state index contributed by atoms with van der Waals surface area (Å²) in [6, 6.07) is 14.4.